The Morgan fingerprint density at radius 2 is 1.83 bits per heavy atom. The second kappa shape index (κ2) is 4.12. The average Bonchev–Trinajstić information content (AvgIpc) is 3.04. The third kappa shape index (κ3) is 2.10. The fourth-order valence-corrected chi connectivity index (χ4v) is 1.82. The van der Waals surface area contributed by atoms with E-state index in [1.165, 1.54) is 0 Å². The van der Waals surface area contributed by atoms with Crippen molar-refractivity contribution < 1.29 is 13.2 Å². The first-order chi connectivity index (χ1) is 8.63. The molecule has 1 N–H and O–H groups in total. The van der Waals surface area contributed by atoms with Crippen LogP contribution in [0, 0.1) is 17.5 Å². The molecule has 1 aromatic heterocycles. The highest BCUT2D eigenvalue weighted by Crippen LogP contribution is 2.37. The lowest BCUT2D eigenvalue weighted by Gasteiger charge is -2.02. The van der Waals surface area contributed by atoms with E-state index in [0.717, 1.165) is 12.8 Å². The molecule has 3 rings (SSSR count). The predicted molar refractivity (Wildman–Crippen MR) is 57.5 cm³/mol. The van der Waals surface area contributed by atoms with Gasteiger partial charge in [-0.15, -0.1) is 0 Å². The molecule has 0 aliphatic heterocycles. The maximum absolute atomic E-state index is 13.4. The van der Waals surface area contributed by atoms with Crippen LogP contribution in [0.2, 0.25) is 0 Å². The van der Waals surface area contributed by atoms with Gasteiger partial charge in [-0.05, 0) is 12.8 Å². The first kappa shape index (κ1) is 11.3. The lowest BCUT2D eigenvalue weighted by atomic mass is 10.1. The maximum Gasteiger partial charge on any atom is 0.153 e. The van der Waals surface area contributed by atoms with Crippen molar-refractivity contribution in [2.45, 2.75) is 25.2 Å². The molecule has 0 atom stereocenters. The number of nitrogens with zero attached hydrogens (tertiary/aromatic N) is 2. The van der Waals surface area contributed by atoms with Crippen molar-refractivity contribution >= 4 is 0 Å². The smallest absolute Gasteiger partial charge is 0.153 e. The van der Waals surface area contributed by atoms with Gasteiger partial charge in [0, 0.05) is 30.0 Å². The Labute approximate surface area is 101 Å². The Bertz CT molecular complexity index is 567. The molecule has 0 saturated heterocycles. The zero-order chi connectivity index (χ0) is 12.7. The van der Waals surface area contributed by atoms with Gasteiger partial charge in [-0.25, -0.2) is 18.2 Å². The normalized spacial score (nSPS) is 15.1. The highest BCUT2D eigenvalue weighted by molar-refractivity contribution is 5.24. The van der Waals surface area contributed by atoms with E-state index in [1.807, 2.05) is 0 Å². The van der Waals surface area contributed by atoms with E-state index in [2.05, 4.69) is 15.2 Å². The Morgan fingerprint density at radius 1 is 1.17 bits per heavy atom. The summed E-state index contributed by atoms with van der Waals surface area (Å²) in [4.78, 5) is 4.18. The van der Waals surface area contributed by atoms with Crippen molar-refractivity contribution in [2.75, 3.05) is 0 Å². The molecule has 0 amide bonds. The fourth-order valence-electron chi connectivity index (χ4n) is 1.82. The van der Waals surface area contributed by atoms with Gasteiger partial charge in [-0.3, -0.25) is 5.10 Å². The van der Waals surface area contributed by atoms with Crippen LogP contribution in [0.5, 0.6) is 0 Å². The summed E-state index contributed by atoms with van der Waals surface area (Å²) in [5.74, 6) is -1.29. The molecule has 0 radical (unpaired) electrons. The molecule has 18 heavy (non-hydrogen) atoms. The molecule has 0 bridgehead atoms. The largest absolute Gasteiger partial charge is 0.263 e. The molecule has 0 spiro atoms. The van der Waals surface area contributed by atoms with E-state index in [4.69, 9.17) is 0 Å². The standard InChI is InChI=1S/C12H10F3N3/c13-7-3-9(14)8(10(15)4-7)5-11-16-12(18-17-11)6-1-2-6/h3-4,6H,1-2,5H2,(H,16,17,18). The SMILES string of the molecule is Fc1cc(F)c(Cc2nc(C3CC3)n[nH]2)c(F)c1. The highest BCUT2D eigenvalue weighted by Gasteiger charge is 2.28. The van der Waals surface area contributed by atoms with E-state index in [0.29, 0.717) is 29.7 Å². The maximum atomic E-state index is 13.4. The van der Waals surface area contributed by atoms with Gasteiger partial charge in [0.25, 0.3) is 0 Å². The summed E-state index contributed by atoms with van der Waals surface area (Å²) in [7, 11) is 0. The van der Waals surface area contributed by atoms with Gasteiger partial charge in [0.1, 0.15) is 23.3 Å². The lowest BCUT2D eigenvalue weighted by Crippen LogP contribution is -2.00. The number of aromatic nitrogens is 3. The molecule has 1 aliphatic carbocycles. The summed E-state index contributed by atoms with van der Waals surface area (Å²) in [6.07, 6.45) is 2.05. The quantitative estimate of drug-likeness (QED) is 0.913. The topological polar surface area (TPSA) is 41.6 Å². The molecule has 1 heterocycles. The van der Waals surface area contributed by atoms with Crippen molar-refractivity contribution in [3.63, 3.8) is 0 Å². The summed E-state index contributed by atoms with van der Waals surface area (Å²) in [6, 6.07) is 1.33. The van der Waals surface area contributed by atoms with Crippen LogP contribution in [0.15, 0.2) is 12.1 Å². The lowest BCUT2D eigenvalue weighted by molar-refractivity contribution is 0.526. The Balaban J connectivity index is 1.86. The zero-order valence-electron chi connectivity index (χ0n) is 9.38. The molecule has 0 unspecified atom stereocenters. The summed E-state index contributed by atoms with van der Waals surface area (Å²) < 4.78 is 39.6. The monoisotopic (exact) mass is 253 g/mol. The molecule has 6 heteroatoms. The van der Waals surface area contributed by atoms with E-state index in [-0.39, 0.29) is 12.0 Å². The highest BCUT2D eigenvalue weighted by atomic mass is 19.1. The van der Waals surface area contributed by atoms with Crippen LogP contribution in [0.1, 0.15) is 36.0 Å². The third-order valence-electron chi connectivity index (χ3n) is 2.94. The van der Waals surface area contributed by atoms with Crippen LogP contribution in [0.25, 0.3) is 0 Å². The number of hydrogen-bond donors (Lipinski definition) is 1. The second-order valence-corrected chi connectivity index (χ2v) is 4.44. The van der Waals surface area contributed by atoms with Crippen LogP contribution in [-0.2, 0) is 6.42 Å². The van der Waals surface area contributed by atoms with Gasteiger partial charge in [-0.2, -0.15) is 5.10 Å². The van der Waals surface area contributed by atoms with Gasteiger partial charge in [-0.1, -0.05) is 0 Å². The molecular weight excluding hydrogens is 243 g/mol. The van der Waals surface area contributed by atoms with Gasteiger partial charge < -0.3 is 0 Å². The Morgan fingerprint density at radius 3 is 2.44 bits per heavy atom. The summed E-state index contributed by atoms with van der Waals surface area (Å²) in [6.45, 7) is 0. The van der Waals surface area contributed by atoms with E-state index in [9.17, 15) is 13.2 Å². The first-order valence-corrected chi connectivity index (χ1v) is 5.68. The number of nitrogens with one attached hydrogen (secondary N) is 1. The molecule has 1 saturated carbocycles. The molecule has 1 fully saturated rings. The molecular formula is C12H10F3N3. The zero-order valence-corrected chi connectivity index (χ0v) is 9.38. The van der Waals surface area contributed by atoms with E-state index in [1.54, 1.807) is 0 Å². The molecule has 3 nitrogen and oxygen atoms in total. The van der Waals surface area contributed by atoms with Crippen LogP contribution < -0.4 is 0 Å². The van der Waals surface area contributed by atoms with Gasteiger partial charge >= 0.3 is 0 Å². The number of H-pyrrole nitrogens is 1. The van der Waals surface area contributed by atoms with Crippen molar-refractivity contribution in [2.24, 2.45) is 0 Å². The van der Waals surface area contributed by atoms with Crippen molar-refractivity contribution in [3.05, 3.63) is 46.8 Å². The number of rotatable bonds is 3. The van der Waals surface area contributed by atoms with Crippen LogP contribution in [-0.4, -0.2) is 15.2 Å². The number of halogens is 3. The van der Waals surface area contributed by atoms with Gasteiger partial charge in [0.05, 0.1) is 0 Å². The number of aromatic amines is 1. The second-order valence-electron chi connectivity index (χ2n) is 4.44. The molecule has 2 aromatic rings. The summed E-state index contributed by atoms with van der Waals surface area (Å²) >= 11 is 0. The third-order valence-corrected chi connectivity index (χ3v) is 2.94. The first-order valence-electron chi connectivity index (χ1n) is 5.68. The molecule has 1 aliphatic rings. The van der Waals surface area contributed by atoms with E-state index >= 15 is 0 Å². The predicted octanol–water partition coefficient (Wildman–Crippen LogP) is 2.69. The van der Waals surface area contributed by atoms with Gasteiger partial charge in [0.15, 0.2) is 5.82 Å². The average molecular weight is 253 g/mol. The van der Waals surface area contributed by atoms with Crippen molar-refractivity contribution in [1.82, 2.24) is 15.2 Å². The minimum atomic E-state index is -0.926. The molecule has 94 valence electrons. The van der Waals surface area contributed by atoms with Crippen molar-refractivity contribution in [1.29, 1.82) is 0 Å². The van der Waals surface area contributed by atoms with Crippen molar-refractivity contribution in [3.8, 4) is 0 Å². The van der Waals surface area contributed by atoms with Crippen LogP contribution >= 0.6 is 0 Å². The minimum Gasteiger partial charge on any atom is -0.263 e. The Kier molecular flexibility index (Phi) is 2.57. The summed E-state index contributed by atoms with van der Waals surface area (Å²) in [5, 5.41) is 6.65. The van der Waals surface area contributed by atoms with Gasteiger partial charge in [0.2, 0.25) is 0 Å². The fraction of sp³-hybridized carbons (Fsp3) is 0.333. The number of hydrogen-bond acceptors (Lipinski definition) is 2. The molecule has 1 aromatic carbocycles. The van der Waals surface area contributed by atoms with Crippen LogP contribution in [0.3, 0.4) is 0 Å². The summed E-state index contributed by atoms with van der Waals surface area (Å²) in [5.41, 5.74) is -0.199. The van der Waals surface area contributed by atoms with Crippen LogP contribution in [0.4, 0.5) is 13.2 Å². The van der Waals surface area contributed by atoms with E-state index < -0.39 is 17.5 Å². The Hall–Kier alpha value is -1.85. The number of benzene rings is 1. The minimum absolute atomic E-state index is 0.0579.